The van der Waals surface area contributed by atoms with E-state index in [1.165, 1.54) is 5.56 Å². The number of hydrogen-bond acceptors (Lipinski definition) is 4. The molecular weight excluding hydrogens is 250 g/mol. The highest BCUT2D eigenvalue weighted by molar-refractivity contribution is 5.30. The maximum absolute atomic E-state index is 5.83. The average molecular weight is 277 g/mol. The molecule has 1 aromatic rings. The van der Waals surface area contributed by atoms with E-state index in [0.29, 0.717) is 18.0 Å². The van der Waals surface area contributed by atoms with Gasteiger partial charge in [0.1, 0.15) is 5.75 Å². The summed E-state index contributed by atoms with van der Waals surface area (Å²) in [5.74, 6) is 1.49. The van der Waals surface area contributed by atoms with E-state index in [2.05, 4.69) is 61.2 Å². The maximum atomic E-state index is 5.83. The van der Waals surface area contributed by atoms with Crippen molar-refractivity contribution in [2.75, 3.05) is 13.6 Å². The molecule has 1 saturated heterocycles. The molecule has 0 spiro atoms. The molecule has 1 aromatic carbocycles. The SMILES string of the molecule is CCC(C)Oc1ccc(C2NNC(C)C2CNC)cc1. The second-order valence-corrected chi connectivity index (χ2v) is 5.68. The molecule has 1 fully saturated rings. The molecule has 1 aliphatic heterocycles. The minimum Gasteiger partial charge on any atom is -0.491 e. The van der Waals surface area contributed by atoms with Crippen LogP contribution in [-0.2, 0) is 0 Å². The third-order valence-corrected chi connectivity index (χ3v) is 4.13. The van der Waals surface area contributed by atoms with E-state index in [-0.39, 0.29) is 6.10 Å². The van der Waals surface area contributed by atoms with E-state index in [0.717, 1.165) is 18.7 Å². The van der Waals surface area contributed by atoms with Crippen LogP contribution in [0.3, 0.4) is 0 Å². The third kappa shape index (κ3) is 3.51. The summed E-state index contributed by atoms with van der Waals surface area (Å²) in [7, 11) is 2.01. The van der Waals surface area contributed by atoms with Crippen LogP contribution in [0, 0.1) is 5.92 Å². The largest absolute Gasteiger partial charge is 0.491 e. The molecule has 0 amide bonds. The van der Waals surface area contributed by atoms with E-state index >= 15 is 0 Å². The van der Waals surface area contributed by atoms with Gasteiger partial charge in [0, 0.05) is 18.5 Å². The topological polar surface area (TPSA) is 45.3 Å². The first kappa shape index (κ1) is 15.3. The Morgan fingerprint density at radius 2 is 1.95 bits per heavy atom. The van der Waals surface area contributed by atoms with Gasteiger partial charge in [-0.1, -0.05) is 19.1 Å². The maximum Gasteiger partial charge on any atom is 0.119 e. The van der Waals surface area contributed by atoms with E-state index in [1.807, 2.05) is 7.05 Å². The quantitative estimate of drug-likeness (QED) is 0.746. The molecule has 20 heavy (non-hydrogen) atoms. The van der Waals surface area contributed by atoms with Crippen LogP contribution in [0.15, 0.2) is 24.3 Å². The molecule has 1 aliphatic rings. The molecule has 2 rings (SSSR count). The zero-order valence-electron chi connectivity index (χ0n) is 12.9. The fourth-order valence-corrected chi connectivity index (χ4v) is 2.65. The molecule has 112 valence electrons. The van der Waals surface area contributed by atoms with Gasteiger partial charge in [-0.25, -0.2) is 5.43 Å². The molecular formula is C16H27N3O. The predicted octanol–water partition coefficient (Wildman–Crippen LogP) is 2.24. The Bertz CT molecular complexity index is 407. The summed E-state index contributed by atoms with van der Waals surface area (Å²) in [5, 5.41) is 3.28. The van der Waals surface area contributed by atoms with Gasteiger partial charge in [-0.2, -0.15) is 0 Å². The molecule has 0 aromatic heterocycles. The lowest BCUT2D eigenvalue weighted by Gasteiger charge is -2.21. The van der Waals surface area contributed by atoms with Gasteiger partial charge in [-0.05, 0) is 45.0 Å². The van der Waals surface area contributed by atoms with Crippen LogP contribution in [0.25, 0.3) is 0 Å². The van der Waals surface area contributed by atoms with Crippen molar-refractivity contribution in [3.05, 3.63) is 29.8 Å². The fraction of sp³-hybridized carbons (Fsp3) is 0.625. The van der Waals surface area contributed by atoms with Gasteiger partial charge in [-0.15, -0.1) is 0 Å². The number of hydrazine groups is 1. The second kappa shape index (κ2) is 7.07. The molecule has 1 heterocycles. The van der Waals surface area contributed by atoms with E-state index in [9.17, 15) is 0 Å². The van der Waals surface area contributed by atoms with Crippen LogP contribution < -0.4 is 20.9 Å². The van der Waals surface area contributed by atoms with E-state index in [1.54, 1.807) is 0 Å². The third-order valence-electron chi connectivity index (χ3n) is 4.13. The Morgan fingerprint density at radius 3 is 2.55 bits per heavy atom. The van der Waals surface area contributed by atoms with Crippen molar-refractivity contribution in [1.82, 2.24) is 16.2 Å². The van der Waals surface area contributed by atoms with E-state index < -0.39 is 0 Å². The van der Waals surface area contributed by atoms with Crippen molar-refractivity contribution in [3.63, 3.8) is 0 Å². The molecule has 4 unspecified atom stereocenters. The predicted molar refractivity (Wildman–Crippen MR) is 82.7 cm³/mol. The van der Waals surface area contributed by atoms with Crippen molar-refractivity contribution in [2.24, 2.45) is 5.92 Å². The Labute approximate surface area is 122 Å². The van der Waals surface area contributed by atoms with Crippen molar-refractivity contribution >= 4 is 0 Å². The first-order valence-corrected chi connectivity index (χ1v) is 7.58. The van der Waals surface area contributed by atoms with Crippen LogP contribution in [0.2, 0.25) is 0 Å². The van der Waals surface area contributed by atoms with Gasteiger partial charge in [0.15, 0.2) is 0 Å². The van der Waals surface area contributed by atoms with Crippen LogP contribution >= 0.6 is 0 Å². The highest BCUT2D eigenvalue weighted by Gasteiger charge is 2.33. The molecule has 0 saturated carbocycles. The first-order valence-electron chi connectivity index (χ1n) is 7.58. The Morgan fingerprint density at radius 1 is 1.25 bits per heavy atom. The monoisotopic (exact) mass is 277 g/mol. The van der Waals surface area contributed by atoms with Gasteiger partial charge in [0.05, 0.1) is 12.1 Å². The van der Waals surface area contributed by atoms with E-state index in [4.69, 9.17) is 4.74 Å². The summed E-state index contributed by atoms with van der Waals surface area (Å²) in [5.41, 5.74) is 8.04. The molecule has 0 radical (unpaired) electrons. The van der Waals surface area contributed by atoms with Crippen LogP contribution in [0.4, 0.5) is 0 Å². The number of hydrogen-bond donors (Lipinski definition) is 3. The highest BCUT2D eigenvalue weighted by Crippen LogP contribution is 2.29. The summed E-state index contributed by atoms with van der Waals surface area (Å²) in [4.78, 5) is 0. The Kier molecular flexibility index (Phi) is 5.40. The van der Waals surface area contributed by atoms with Crippen molar-refractivity contribution < 1.29 is 4.74 Å². The van der Waals surface area contributed by atoms with Gasteiger partial charge in [-0.3, -0.25) is 5.43 Å². The zero-order valence-corrected chi connectivity index (χ0v) is 12.9. The lowest BCUT2D eigenvalue weighted by Crippen LogP contribution is -2.31. The molecule has 0 bridgehead atoms. The minimum atomic E-state index is 0.268. The lowest BCUT2D eigenvalue weighted by molar-refractivity contribution is 0.217. The minimum absolute atomic E-state index is 0.268. The van der Waals surface area contributed by atoms with Gasteiger partial charge in [0.25, 0.3) is 0 Å². The zero-order chi connectivity index (χ0) is 14.5. The lowest BCUT2D eigenvalue weighted by atomic mass is 9.90. The molecule has 3 N–H and O–H groups in total. The van der Waals surface area contributed by atoms with Crippen molar-refractivity contribution in [3.8, 4) is 5.75 Å². The van der Waals surface area contributed by atoms with Crippen LogP contribution in [0.5, 0.6) is 5.75 Å². The normalized spacial score (nSPS) is 27.5. The molecule has 4 atom stereocenters. The van der Waals surface area contributed by atoms with Crippen molar-refractivity contribution in [1.29, 1.82) is 0 Å². The van der Waals surface area contributed by atoms with Crippen molar-refractivity contribution in [2.45, 2.75) is 45.4 Å². The summed E-state index contributed by atoms with van der Waals surface area (Å²) in [6, 6.07) is 9.28. The summed E-state index contributed by atoms with van der Waals surface area (Å²) < 4.78 is 5.83. The highest BCUT2D eigenvalue weighted by atomic mass is 16.5. The average Bonchev–Trinajstić information content (AvgIpc) is 2.82. The smallest absolute Gasteiger partial charge is 0.119 e. The van der Waals surface area contributed by atoms with Gasteiger partial charge >= 0.3 is 0 Å². The summed E-state index contributed by atoms with van der Waals surface area (Å²) in [6.07, 6.45) is 1.29. The standard InChI is InChI=1S/C16H27N3O/c1-5-11(2)20-14-8-6-13(7-9-14)16-15(10-17-4)12(3)18-19-16/h6-9,11-12,15-19H,5,10H2,1-4H3. The van der Waals surface area contributed by atoms with Gasteiger partial charge in [0.2, 0.25) is 0 Å². The number of nitrogens with one attached hydrogen (secondary N) is 3. The molecule has 0 aliphatic carbocycles. The number of benzene rings is 1. The first-order chi connectivity index (χ1) is 9.65. The fourth-order valence-electron chi connectivity index (χ4n) is 2.65. The number of ether oxygens (including phenoxy) is 1. The number of rotatable bonds is 6. The Balaban J connectivity index is 2.05. The summed E-state index contributed by atoms with van der Waals surface area (Å²) in [6.45, 7) is 7.45. The summed E-state index contributed by atoms with van der Waals surface area (Å²) >= 11 is 0. The Hall–Kier alpha value is -1.10. The molecule has 4 nitrogen and oxygen atoms in total. The second-order valence-electron chi connectivity index (χ2n) is 5.68. The van der Waals surface area contributed by atoms with Gasteiger partial charge < -0.3 is 10.1 Å². The van der Waals surface area contributed by atoms with Crippen LogP contribution in [0.1, 0.15) is 38.8 Å². The molecule has 4 heteroatoms. The van der Waals surface area contributed by atoms with Crippen LogP contribution in [-0.4, -0.2) is 25.7 Å².